The van der Waals surface area contributed by atoms with Crippen LogP contribution in [0.1, 0.15) is 64.9 Å². The van der Waals surface area contributed by atoms with E-state index in [0.717, 1.165) is 43.8 Å². The third kappa shape index (κ3) is 10.8. The number of rotatable bonds is 13. The molecule has 1 unspecified atom stereocenters. The molecule has 0 aliphatic heterocycles. The molecule has 0 fully saturated rings. The molecule has 1 aromatic rings. The molecule has 6 nitrogen and oxygen atoms in total. The minimum atomic E-state index is -0.513. The second kappa shape index (κ2) is 13.8. The number of aryl methyl sites for hydroxylation is 1. The maximum atomic E-state index is 11.9. The van der Waals surface area contributed by atoms with Crippen molar-refractivity contribution in [1.29, 1.82) is 5.26 Å². The molecule has 1 aromatic carbocycles. The van der Waals surface area contributed by atoms with Crippen molar-refractivity contribution in [1.82, 2.24) is 0 Å². The van der Waals surface area contributed by atoms with Gasteiger partial charge in [-0.15, -0.1) is 5.26 Å². The minimum absolute atomic E-state index is 0.235. The number of nitrogens with zero attached hydrogens (tertiary/aromatic N) is 1. The van der Waals surface area contributed by atoms with Gasteiger partial charge in [-0.2, -0.15) is 0 Å². The Hall–Kier alpha value is -2.26. The highest BCUT2D eigenvalue weighted by molar-refractivity contribution is 5.85. The molecule has 0 aliphatic carbocycles. The second-order valence-corrected chi connectivity index (χ2v) is 7.50. The Labute approximate surface area is 169 Å². The van der Waals surface area contributed by atoms with E-state index in [1.807, 2.05) is 6.92 Å². The third-order valence-corrected chi connectivity index (χ3v) is 4.41. The SMILES string of the molecule is Cc1ccc(NC(=O)OCCCCC(C)OCCCCC(C)C)cc1OC#N. The van der Waals surface area contributed by atoms with Crippen LogP contribution in [0.5, 0.6) is 5.75 Å². The molecule has 1 atom stereocenters. The first-order valence-electron chi connectivity index (χ1n) is 10.1. The highest BCUT2D eigenvalue weighted by atomic mass is 16.5. The molecule has 0 radical (unpaired) electrons. The molecule has 156 valence electrons. The zero-order chi connectivity index (χ0) is 20.8. The van der Waals surface area contributed by atoms with E-state index >= 15 is 0 Å². The average molecular weight is 391 g/mol. The quantitative estimate of drug-likeness (QED) is 0.340. The summed E-state index contributed by atoms with van der Waals surface area (Å²) in [5.41, 5.74) is 1.34. The smallest absolute Gasteiger partial charge is 0.411 e. The Bertz CT molecular complexity index is 625. The number of benzene rings is 1. The number of ether oxygens (including phenoxy) is 3. The van der Waals surface area contributed by atoms with Crippen LogP contribution in [0.25, 0.3) is 0 Å². The molecular weight excluding hydrogens is 356 g/mol. The fraction of sp³-hybridized carbons (Fsp3) is 0.636. The Balaban J connectivity index is 2.12. The van der Waals surface area contributed by atoms with Gasteiger partial charge in [-0.25, -0.2) is 4.79 Å². The van der Waals surface area contributed by atoms with E-state index in [4.69, 9.17) is 19.5 Å². The van der Waals surface area contributed by atoms with Crippen LogP contribution in [0.15, 0.2) is 18.2 Å². The van der Waals surface area contributed by atoms with Crippen molar-refractivity contribution in [2.24, 2.45) is 5.92 Å². The highest BCUT2D eigenvalue weighted by Crippen LogP contribution is 2.22. The number of nitriles is 1. The molecule has 0 saturated heterocycles. The van der Waals surface area contributed by atoms with Crippen molar-refractivity contribution in [3.63, 3.8) is 0 Å². The van der Waals surface area contributed by atoms with Gasteiger partial charge in [0, 0.05) is 18.4 Å². The summed E-state index contributed by atoms with van der Waals surface area (Å²) in [6.07, 6.45) is 7.65. The van der Waals surface area contributed by atoms with Gasteiger partial charge in [-0.1, -0.05) is 32.8 Å². The zero-order valence-corrected chi connectivity index (χ0v) is 17.6. The molecule has 28 heavy (non-hydrogen) atoms. The van der Waals surface area contributed by atoms with Gasteiger partial charge >= 0.3 is 6.09 Å². The fourth-order valence-corrected chi connectivity index (χ4v) is 2.71. The summed E-state index contributed by atoms with van der Waals surface area (Å²) in [5, 5.41) is 11.3. The first-order valence-corrected chi connectivity index (χ1v) is 10.1. The van der Waals surface area contributed by atoms with E-state index in [1.165, 1.54) is 12.8 Å². The largest absolute Gasteiger partial charge is 0.449 e. The number of carbonyl (C=O) groups is 1. The van der Waals surface area contributed by atoms with E-state index in [9.17, 15) is 4.79 Å². The first-order chi connectivity index (χ1) is 13.4. The summed E-state index contributed by atoms with van der Waals surface area (Å²) < 4.78 is 15.9. The molecule has 6 heteroatoms. The normalized spacial score (nSPS) is 11.7. The van der Waals surface area contributed by atoms with Gasteiger partial charge in [0.25, 0.3) is 6.26 Å². The van der Waals surface area contributed by atoms with Crippen LogP contribution in [0.4, 0.5) is 10.5 Å². The predicted molar refractivity (Wildman–Crippen MR) is 110 cm³/mol. The van der Waals surface area contributed by atoms with Crippen LogP contribution in [0, 0.1) is 24.4 Å². The standard InChI is InChI=1S/C22H34N2O4/c1-17(2)9-5-7-13-26-19(4)10-6-8-14-27-22(25)24-20-12-11-18(3)21(15-20)28-16-23/h11-12,15,17,19H,5-10,13-14H2,1-4H3,(H,24,25). The maximum Gasteiger partial charge on any atom is 0.411 e. The first kappa shape index (κ1) is 23.8. The van der Waals surface area contributed by atoms with E-state index in [2.05, 4.69) is 26.1 Å². The number of hydrogen-bond donors (Lipinski definition) is 1. The van der Waals surface area contributed by atoms with E-state index in [1.54, 1.807) is 24.5 Å². The molecule has 0 spiro atoms. The van der Waals surface area contributed by atoms with E-state index in [0.29, 0.717) is 18.0 Å². The Morgan fingerprint density at radius 1 is 1.11 bits per heavy atom. The molecule has 1 N–H and O–H groups in total. The minimum Gasteiger partial charge on any atom is -0.449 e. The molecule has 0 saturated carbocycles. The van der Waals surface area contributed by atoms with Gasteiger partial charge in [-0.3, -0.25) is 5.32 Å². The van der Waals surface area contributed by atoms with Gasteiger partial charge in [0.1, 0.15) is 5.75 Å². The Morgan fingerprint density at radius 2 is 1.82 bits per heavy atom. The molecule has 0 aromatic heterocycles. The van der Waals surface area contributed by atoms with Crippen molar-refractivity contribution < 1.29 is 19.0 Å². The fourth-order valence-electron chi connectivity index (χ4n) is 2.71. The topological polar surface area (TPSA) is 80.6 Å². The Kier molecular flexibility index (Phi) is 11.8. The molecule has 0 aliphatic rings. The Morgan fingerprint density at radius 3 is 2.54 bits per heavy atom. The number of unbranched alkanes of at least 4 members (excludes halogenated alkanes) is 2. The monoisotopic (exact) mass is 390 g/mol. The number of anilines is 1. The summed E-state index contributed by atoms with van der Waals surface area (Å²) in [4.78, 5) is 11.9. The second-order valence-electron chi connectivity index (χ2n) is 7.50. The van der Waals surface area contributed by atoms with Crippen LogP contribution in [-0.2, 0) is 9.47 Å². The lowest BCUT2D eigenvalue weighted by atomic mass is 10.1. The van der Waals surface area contributed by atoms with Crippen molar-refractivity contribution >= 4 is 11.8 Å². The summed E-state index contributed by atoms with van der Waals surface area (Å²) in [7, 11) is 0. The van der Waals surface area contributed by atoms with Gasteiger partial charge in [0.15, 0.2) is 0 Å². The number of amides is 1. The molecular formula is C22H34N2O4. The van der Waals surface area contributed by atoms with Crippen LogP contribution >= 0.6 is 0 Å². The van der Waals surface area contributed by atoms with Gasteiger partial charge < -0.3 is 14.2 Å². The van der Waals surface area contributed by atoms with E-state index < -0.39 is 6.09 Å². The zero-order valence-electron chi connectivity index (χ0n) is 17.6. The number of carbonyl (C=O) groups excluding carboxylic acids is 1. The lowest BCUT2D eigenvalue weighted by Crippen LogP contribution is -2.15. The number of nitrogens with one attached hydrogen (secondary N) is 1. The van der Waals surface area contributed by atoms with Crippen LogP contribution < -0.4 is 10.1 Å². The molecule has 0 bridgehead atoms. The summed E-state index contributed by atoms with van der Waals surface area (Å²) in [6.45, 7) is 9.58. The molecule has 1 amide bonds. The third-order valence-electron chi connectivity index (χ3n) is 4.41. The lowest BCUT2D eigenvalue weighted by molar-refractivity contribution is 0.0543. The van der Waals surface area contributed by atoms with Crippen molar-refractivity contribution in [2.45, 2.75) is 72.3 Å². The van der Waals surface area contributed by atoms with Gasteiger partial charge in [0.05, 0.1) is 12.7 Å². The van der Waals surface area contributed by atoms with Crippen molar-refractivity contribution in [3.8, 4) is 12.0 Å². The van der Waals surface area contributed by atoms with Gasteiger partial charge in [-0.05, 0) is 57.1 Å². The summed E-state index contributed by atoms with van der Waals surface area (Å²) in [5.74, 6) is 1.17. The number of hydrogen-bond acceptors (Lipinski definition) is 5. The van der Waals surface area contributed by atoms with E-state index in [-0.39, 0.29) is 6.10 Å². The molecule has 1 rings (SSSR count). The average Bonchev–Trinajstić information content (AvgIpc) is 2.64. The summed E-state index contributed by atoms with van der Waals surface area (Å²) in [6, 6.07) is 5.10. The molecule has 0 heterocycles. The van der Waals surface area contributed by atoms with Crippen LogP contribution in [0.3, 0.4) is 0 Å². The van der Waals surface area contributed by atoms with Crippen molar-refractivity contribution in [3.05, 3.63) is 23.8 Å². The predicted octanol–water partition coefficient (Wildman–Crippen LogP) is 5.81. The van der Waals surface area contributed by atoms with Crippen LogP contribution in [0.2, 0.25) is 0 Å². The highest BCUT2D eigenvalue weighted by Gasteiger charge is 2.07. The maximum absolute atomic E-state index is 11.9. The summed E-state index contributed by atoms with van der Waals surface area (Å²) >= 11 is 0. The lowest BCUT2D eigenvalue weighted by Gasteiger charge is -2.13. The van der Waals surface area contributed by atoms with Crippen LogP contribution in [-0.4, -0.2) is 25.4 Å². The van der Waals surface area contributed by atoms with Crippen molar-refractivity contribution in [2.75, 3.05) is 18.5 Å². The van der Waals surface area contributed by atoms with Gasteiger partial charge in [0.2, 0.25) is 0 Å².